The molecule has 0 unspecified atom stereocenters. The second-order valence-corrected chi connectivity index (χ2v) is 8.38. The minimum Gasteiger partial charge on any atom is -0.399 e. The maximum atomic E-state index is 13.2. The summed E-state index contributed by atoms with van der Waals surface area (Å²) in [5.41, 5.74) is 0.896. The molecule has 0 spiro atoms. The van der Waals surface area contributed by atoms with Crippen LogP contribution in [-0.4, -0.2) is 28.3 Å². The fourth-order valence-corrected chi connectivity index (χ4v) is 3.42. The van der Waals surface area contributed by atoms with Crippen molar-refractivity contribution in [1.82, 2.24) is 9.97 Å². The van der Waals surface area contributed by atoms with Crippen molar-refractivity contribution in [2.24, 2.45) is 0 Å². The number of hydrogen-bond donors (Lipinski definition) is 1. The zero-order valence-corrected chi connectivity index (χ0v) is 16.7. The van der Waals surface area contributed by atoms with Gasteiger partial charge in [-0.05, 0) is 56.9 Å². The summed E-state index contributed by atoms with van der Waals surface area (Å²) in [7, 11) is -0.512. The molecule has 0 saturated carbocycles. The lowest BCUT2D eigenvalue weighted by atomic mass is 9.79. The molecular formula is C21H22BF3N2O2. The minimum absolute atomic E-state index is 0.0657. The van der Waals surface area contributed by atoms with Crippen molar-refractivity contribution in [1.29, 1.82) is 0 Å². The summed E-state index contributed by atoms with van der Waals surface area (Å²) in [5.74, 6) is 0.475. The Balaban J connectivity index is 1.62. The Labute approximate surface area is 167 Å². The lowest BCUT2D eigenvalue weighted by Gasteiger charge is -2.32. The van der Waals surface area contributed by atoms with Gasteiger partial charge in [0.1, 0.15) is 5.82 Å². The van der Waals surface area contributed by atoms with E-state index in [0.717, 1.165) is 17.0 Å². The van der Waals surface area contributed by atoms with Crippen LogP contribution in [0.15, 0.2) is 42.5 Å². The molecule has 2 heterocycles. The maximum absolute atomic E-state index is 13.2. The van der Waals surface area contributed by atoms with Crippen molar-refractivity contribution in [3.8, 4) is 0 Å². The maximum Gasteiger partial charge on any atom is 0.494 e. The first kappa shape index (κ1) is 20.0. The van der Waals surface area contributed by atoms with E-state index in [1.54, 1.807) is 6.07 Å². The van der Waals surface area contributed by atoms with Crippen LogP contribution in [0.3, 0.4) is 0 Å². The number of hydrogen-bond acceptors (Lipinski definition) is 3. The predicted molar refractivity (Wildman–Crippen MR) is 106 cm³/mol. The molecule has 0 aliphatic carbocycles. The van der Waals surface area contributed by atoms with Crippen LogP contribution < -0.4 is 5.46 Å². The van der Waals surface area contributed by atoms with Gasteiger partial charge in [-0.1, -0.05) is 24.3 Å². The van der Waals surface area contributed by atoms with E-state index >= 15 is 0 Å². The van der Waals surface area contributed by atoms with Gasteiger partial charge in [0.25, 0.3) is 0 Å². The monoisotopic (exact) mass is 402 g/mol. The molecule has 152 valence electrons. The normalized spacial score (nSPS) is 18.5. The van der Waals surface area contributed by atoms with E-state index in [9.17, 15) is 13.2 Å². The van der Waals surface area contributed by atoms with Crippen molar-refractivity contribution in [2.75, 3.05) is 0 Å². The second-order valence-electron chi connectivity index (χ2n) is 8.38. The van der Waals surface area contributed by atoms with Crippen LogP contribution in [0, 0.1) is 0 Å². The van der Waals surface area contributed by atoms with Crippen LogP contribution in [0.1, 0.15) is 44.6 Å². The first-order valence-corrected chi connectivity index (χ1v) is 9.45. The standard InChI is InChI=1S/C21H22BF3N2O2/c1-19(2)20(3,4)29-22(28-19)14-9-10-16-17(12-14)27-18(26-16)11-13-7-5-6-8-15(13)21(23,24)25/h5-10,12H,11H2,1-4H3,(H,26,27). The third kappa shape index (κ3) is 3.67. The van der Waals surface area contributed by atoms with E-state index in [1.165, 1.54) is 12.1 Å². The van der Waals surface area contributed by atoms with Crippen LogP contribution in [0.2, 0.25) is 0 Å². The Kier molecular flexibility index (Phi) is 4.55. The summed E-state index contributed by atoms with van der Waals surface area (Å²) >= 11 is 0. The van der Waals surface area contributed by atoms with Crippen molar-refractivity contribution >= 4 is 23.6 Å². The summed E-state index contributed by atoms with van der Waals surface area (Å²) in [6.07, 6.45) is -4.33. The Hall–Kier alpha value is -2.32. The zero-order chi connectivity index (χ0) is 21.0. The fourth-order valence-electron chi connectivity index (χ4n) is 3.42. The van der Waals surface area contributed by atoms with Gasteiger partial charge in [-0.25, -0.2) is 4.98 Å². The number of imidazole rings is 1. The highest BCUT2D eigenvalue weighted by Gasteiger charge is 2.51. The molecule has 1 aliphatic heterocycles. The number of nitrogens with zero attached hydrogens (tertiary/aromatic N) is 1. The third-order valence-corrected chi connectivity index (χ3v) is 5.76. The van der Waals surface area contributed by atoms with E-state index in [2.05, 4.69) is 9.97 Å². The number of H-pyrrole nitrogens is 1. The van der Waals surface area contributed by atoms with Crippen molar-refractivity contribution in [3.05, 3.63) is 59.4 Å². The summed E-state index contributed by atoms with van der Waals surface area (Å²) < 4.78 is 51.9. The fraction of sp³-hybridized carbons (Fsp3) is 0.381. The summed E-state index contributed by atoms with van der Waals surface area (Å²) in [6.45, 7) is 7.94. The molecule has 8 heteroatoms. The number of nitrogens with one attached hydrogen (secondary N) is 1. The number of aromatic nitrogens is 2. The lowest BCUT2D eigenvalue weighted by Crippen LogP contribution is -2.41. The predicted octanol–water partition coefficient (Wildman–Crippen LogP) is 4.47. The number of rotatable bonds is 3. The molecule has 1 fully saturated rings. The van der Waals surface area contributed by atoms with Crippen molar-refractivity contribution < 1.29 is 22.5 Å². The largest absolute Gasteiger partial charge is 0.494 e. The molecule has 1 N–H and O–H groups in total. The van der Waals surface area contributed by atoms with E-state index in [0.29, 0.717) is 11.3 Å². The van der Waals surface area contributed by atoms with Gasteiger partial charge in [-0.3, -0.25) is 0 Å². The average Bonchev–Trinajstić information content (AvgIpc) is 3.10. The number of fused-ring (bicyclic) bond motifs is 1. The topological polar surface area (TPSA) is 47.1 Å². The van der Waals surface area contributed by atoms with Gasteiger partial charge in [-0.15, -0.1) is 0 Å². The molecule has 1 saturated heterocycles. The molecule has 1 aromatic heterocycles. The molecule has 0 amide bonds. The Bertz CT molecular complexity index is 1040. The zero-order valence-electron chi connectivity index (χ0n) is 16.7. The number of benzene rings is 2. The minimum atomic E-state index is -4.40. The molecule has 29 heavy (non-hydrogen) atoms. The molecule has 4 rings (SSSR count). The molecule has 3 aromatic rings. The number of aromatic amines is 1. The van der Waals surface area contributed by atoms with Crippen LogP contribution in [0.4, 0.5) is 13.2 Å². The van der Waals surface area contributed by atoms with Crippen LogP contribution in [-0.2, 0) is 21.9 Å². The Morgan fingerprint density at radius 3 is 2.31 bits per heavy atom. The molecular weight excluding hydrogens is 380 g/mol. The van der Waals surface area contributed by atoms with Gasteiger partial charge < -0.3 is 14.3 Å². The molecule has 0 bridgehead atoms. The Morgan fingerprint density at radius 1 is 1.00 bits per heavy atom. The first-order valence-electron chi connectivity index (χ1n) is 9.45. The number of alkyl halides is 3. The highest BCUT2D eigenvalue weighted by molar-refractivity contribution is 6.62. The molecule has 4 nitrogen and oxygen atoms in total. The van der Waals surface area contributed by atoms with Gasteiger partial charge >= 0.3 is 13.3 Å². The third-order valence-electron chi connectivity index (χ3n) is 5.76. The van der Waals surface area contributed by atoms with Crippen LogP contribution in [0.5, 0.6) is 0 Å². The van der Waals surface area contributed by atoms with Crippen molar-refractivity contribution in [2.45, 2.75) is 51.5 Å². The van der Waals surface area contributed by atoms with Gasteiger partial charge in [0.2, 0.25) is 0 Å². The lowest BCUT2D eigenvalue weighted by molar-refractivity contribution is -0.138. The van der Waals surface area contributed by atoms with Crippen LogP contribution in [0.25, 0.3) is 11.0 Å². The molecule has 0 radical (unpaired) electrons. The smallest absolute Gasteiger partial charge is 0.399 e. The summed E-state index contributed by atoms with van der Waals surface area (Å²) in [6, 6.07) is 11.1. The van der Waals surface area contributed by atoms with Gasteiger partial charge in [0.05, 0.1) is 27.8 Å². The highest BCUT2D eigenvalue weighted by atomic mass is 19.4. The van der Waals surface area contributed by atoms with E-state index < -0.39 is 30.1 Å². The van der Waals surface area contributed by atoms with E-state index in [-0.39, 0.29) is 12.0 Å². The van der Waals surface area contributed by atoms with Crippen LogP contribution >= 0.6 is 0 Å². The van der Waals surface area contributed by atoms with Gasteiger partial charge in [0.15, 0.2) is 0 Å². The van der Waals surface area contributed by atoms with Gasteiger partial charge in [-0.2, -0.15) is 13.2 Å². The number of halogens is 3. The average molecular weight is 402 g/mol. The van der Waals surface area contributed by atoms with Crippen molar-refractivity contribution in [3.63, 3.8) is 0 Å². The molecule has 0 atom stereocenters. The molecule has 2 aromatic carbocycles. The van der Waals surface area contributed by atoms with E-state index in [4.69, 9.17) is 9.31 Å². The quantitative estimate of drug-likeness (QED) is 0.658. The first-order chi connectivity index (χ1) is 13.5. The molecule has 1 aliphatic rings. The second kappa shape index (κ2) is 6.60. The SMILES string of the molecule is CC1(C)OB(c2ccc3nc(Cc4ccccc4C(F)(F)F)[nH]c3c2)OC1(C)C. The van der Waals surface area contributed by atoms with E-state index in [1.807, 2.05) is 45.9 Å². The summed E-state index contributed by atoms with van der Waals surface area (Å²) in [5, 5.41) is 0. The summed E-state index contributed by atoms with van der Waals surface area (Å²) in [4.78, 5) is 7.59. The highest BCUT2D eigenvalue weighted by Crippen LogP contribution is 2.36. The Morgan fingerprint density at radius 2 is 1.66 bits per heavy atom. The van der Waals surface area contributed by atoms with Gasteiger partial charge in [0, 0.05) is 6.42 Å².